The third-order valence-corrected chi connectivity index (χ3v) is 4.80. The van der Waals surface area contributed by atoms with Crippen molar-refractivity contribution in [3.05, 3.63) is 59.0 Å². The molecule has 1 N–H and O–H groups in total. The summed E-state index contributed by atoms with van der Waals surface area (Å²) in [5.74, 6) is 1.39. The van der Waals surface area contributed by atoms with E-state index in [4.69, 9.17) is 18.3 Å². The zero-order chi connectivity index (χ0) is 20.0. The number of furan rings is 1. The van der Waals surface area contributed by atoms with Gasteiger partial charge in [0.05, 0.1) is 0 Å². The molecule has 0 saturated carbocycles. The number of hydrogen-bond acceptors (Lipinski definition) is 7. The molecule has 0 aliphatic carbocycles. The van der Waals surface area contributed by atoms with Crippen LogP contribution in [-0.2, 0) is 6.54 Å². The van der Waals surface area contributed by atoms with Gasteiger partial charge in [-0.2, -0.15) is 0 Å². The fraction of sp³-hybridized carbons (Fsp3) is 0.190. The van der Waals surface area contributed by atoms with Gasteiger partial charge in [-0.25, -0.2) is 0 Å². The maximum Gasteiger partial charge on any atom is 0.309 e. The molecule has 0 fully saturated rings. The Morgan fingerprint density at radius 3 is 2.79 bits per heavy atom. The third-order valence-electron chi connectivity index (χ3n) is 4.80. The van der Waals surface area contributed by atoms with E-state index < -0.39 is 5.91 Å². The normalized spacial score (nSPS) is 12.5. The monoisotopic (exact) mass is 391 g/mol. The van der Waals surface area contributed by atoms with Crippen LogP contribution in [0.3, 0.4) is 0 Å². The Hall–Kier alpha value is -3.81. The van der Waals surface area contributed by atoms with Gasteiger partial charge in [-0.1, -0.05) is 17.7 Å². The number of fused-ring (bicyclic) bond motifs is 2. The molecule has 0 atom stereocenters. The molecule has 0 bridgehead atoms. The van der Waals surface area contributed by atoms with Gasteiger partial charge in [0, 0.05) is 17.5 Å². The molecule has 4 aromatic rings. The predicted molar refractivity (Wildman–Crippen MR) is 103 cm³/mol. The molecule has 1 aliphatic rings. The number of amides is 1. The van der Waals surface area contributed by atoms with Gasteiger partial charge in [-0.3, -0.25) is 4.79 Å². The van der Waals surface area contributed by atoms with E-state index in [0.717, 1.165) is 27.7 Å². The van der Waals surface area contributed by atoms with Crippen LogP contribution in [0.5, 0.6) is 11.5 Å². The summed E-state index contributed by atoms with van der Waals surface area (Å²) in [6.07, 6.45) is 0. The minimum absolute atomic E-state index is 0.128. The summed E-state index contributed by atoms with van der Waals surface area (Å²) in [4.78, 5) is 12.4. The molecule has 0 radical (unpaired) electrons. The molecule has 29 heavy (non-hydrogen) atoms. The molecular weight excluding hydrogens is 374 g/mol. The zero-order valence-electron chi connectivity index (χ0n) is 15.8. The number of nitrogens with one attached hydrogen (secondary N) is 1. The minimum Gasteiger partial charge on any atom is -0.454 e. The Kier molecular flexibility index (Phi) is 3.97. The molecular formula is C21H17N3O5. The van der Waals surface area contributed by atoms with Crippen molar-refractivity contribution in [3.63, 3.8) is 0 Å². The van der Waals surface area contributed by atoms with E-state index in [1.165, 1.54) is 0 Å². The van der Waals surface area contributed by atoms with Crippen molar-refractivity contribution in [2.45, 2.75) is 20.4 Å². The SMILES string of the molecule is Cc1ccc2oc(-c3nnc(C(=O)NCc4ccc5c(c4)OCO5)o3)c(C)c2c1. The van der Waals surface area contributed by atoms with Gasteiger partial charge in [-0.05, 0) is 43.7 Å². The van der Waals surface area contributed by atoms with Gasteiger partial charge < -0.3 is 23.6 Å². The average molecular weight is 391 g/mol. The quantitative estimate of drug-likeness (QED) is 0.565. The summed E-state index contributed by atoms with van der Waals surface area (Å²) in [5.41, 5.74) is 3.61. The molecule has 2 aromatic heterocycles. The van der Waals surface area contributed by atoms with Crippen LogP contribution in [0.4, 0.5) is 0 Å². The molecule has 8 nitrogen and oxygen atoms in total. The minimum atomic E-state index is -0.467. The number of aryl methyl sites for hydroxylation is 2. The van der Waals surface area contributed by atoms with Gasteiger partial charge in [-0.15, -0.1) is 10.2 Å². The fourth-order valence-electron chi connectivity index (χ4n) is 3.25. The maximum absolute atomic E-state index is 12.4. The summed E-state index contributed by atoms with van der Waals surface area (Å²) in [6.45, 7) is 4.43. The first-order valence-corrected chi connectivity index (χ1v) is 9.09. The molecule has 0 spiro atoms. The van der Waals surface area contributed by atoms with Crippen LogP contribution in [0.25, 0.3) is 22.6 Å². The van der Waals surface area contributed by atoms with Crippen molar-refractivity contribution < 1.29 is 23.1 Å². The van der Waals surface area contributed by atoms with Gasteiger partial charge in [0.25, 0.3) is 5.89 Å². The number of nitrogens with zero attached hydrogens (tertiary/aromatic N) is 2. The fourth-order valence-corrected chi connectivity index (χ4v) is 3.25. The molecule has 1 aliphatic heterocycles. The smallest absolute Gasteiger partial charge is 0.309 e. The summed E-state index contributed by atoms with van der Waals surface area (Å²) in [6, 6.07) is 11.4. The third kappa shape index (κ3) is 3.08. The molecule has 1 amide bonds. The lowest BCUT2D eigenvalue weighted by Crippen LogP contribution is -2.23. The second kappa shape index (κ2) is 6.66. The Labute approximate surface area is 165 Å². The first kappa shape index (κ1) is 17.3. The molecule has 0 unspecified atom stereocenters. The largest absolute Gasteiger partial charge is 0.454 e. The van der Waals surface area contributed by atoms with E-state index in [-0.39, 0.29) is 25.1 Å². The molecule has 146 valence electrons. The van der Waals surface area contributed by atoms with Crippen LogP contribution in [0.15, 0.2) is 45.2 Å². The summed E-state index contributed by atoms with van der Waals surface area (Å²) in [7, 11) is 0. The van der Waals surface area contributed by atoms with Crippen molar-refractivity contribution in [1.82, 2.24) is 15.5 Å². The van der Waals surface area contributed by atoms with Crippen molar-refractivity contribution in [3.8, 4) is 23.1 Å². The Bertz CT molecular complexity index is 1240. The highest BCUT2D eigenvalue weighted by molar-refractivity contribution is 5.90. The summed E-state index contributed by atoms with van der Waals surface area (Å²) >= 11 is 0. The van der Waals surface area contributed by atoms with Crippen LogP contribution < -0.4 is 14.8 Å². The zero-order valence-corrected chi connectivity index (χ0v) is 15.8. The van der Waals surface area contributed by atoms with Crippen LogP contribution in [0, 0.1) is 13.8 Å². The van der Waals surface area contributed by atoms with Crippen molar-refractivity contribution in [1.29, 1.82) is 0 Å². The lowest BCUT2D eigenvalue weighted by molar-refractivity contribution is 0.0916. The lowest BCUT2D eigenvalue weighted by Gasteiger charge is -2.04. The Morgan fingerprint density at radius 1 is 1.03 bits per heavy atom. The number of rotatable bonds is 4. The number of benzene rings is 2. The summed E-state index contributed by atoms with van der Waals surface area (Å²) < 4.78 is 22.0. The van der Waals surface area contributed by atoms with Gasteiger partial charge >= 0.3 is 11.8 Å². The van der Waals surface area contributed by atoms with Gasteiger partial charge in [0.1, 0.15) is 5.58 Å². The average Bonchev–Trinajstić information content (AvgIpc) is 3.45. The topological polar surface area (TPSA) is 99.6 Å². The second-order valence-electron chi connectivity index (χ2n) is 6.84. The van der Waals surface area contributed by atoms with Gasteiger partial charge in [0.2, 0.25) is 6.79 Å². The van der Waals surface area contributed by atoms with E-state index in [0.29, 0.717) is 17.3 Å². The predicted octanol–water partition coefficient (Wildman–Crippen LogP) is 3.76. The number of ether oxygens (including phenoxy) is 2. The first-order chi connectivity index (χ1) is 14.1. The number of hydrogen-bond donors (Lipinski definition) is 1. The van der Waals surface area contributed by atoms with Crippen molar-refractivity contribution in [2.75, 3.05) is 6.79 Å². The summed E-state index contributed by atoms with van der Waals surface area (Å²) in [5, 5.41) is 11.6. The van der Waals surface area contributed by atoms with Crippen LogP contribution in [0.2, 0.25) is 0 Å². The second-order valence-corrected chi connectivity index (χ2v) is 6.84. The lowest BCUT2D eigenvalue weighted by atomic mass is 10.1. The molecule has 3 heterocycles. The van der Waals surface area contributed by atoms with Gasteiger partial charge in [0.15, 0.2) is 17.3 Å². The molecule has 2 aromatic carbocycles. The highest BCUT2D eigenvalue weighted by Gasteiger charge is 2.21. The standard InChI is InChI=1S/C21H17N3O5/c1-11-3-5-15-14(7-11)12(2)18(28-15)20-23-24-21(29-20)19(25)22-9-13-4-6-16-17(8-13)27-10-26-16/h3-8H,9-10H2,1-2H3,(H,22,25). The van der Waals surface area contributed by atoms with Crippen LogP contribution in [0.1, 0.15) is 27.4 Å². The molecule has 0 saturated heterocycles. The van der Waals surface area contributed by atoms with Crippen molar-refractivity contribution >= 4 is 16.9 Å². The maximum atomic E-state index is 12.4. The van der Waals surface area contributed by atoms with Crippen molar-refractivity contribution in [2.24, 2.45) is 0 Å². The van der Waals surface area contributed by atoms with Crippen LogP contribution >= 0.6 is 0 Å². The highest BCUT2D eigenvalue weighted by atomic mass is 16.7. The van der Waals surface area contributed by atoms with E-state index in [9.17, 15) is 4.79 Å². The number of aromatic nitrogens is 2. The van der Waals surface area contributed by atoms with E-state index in [1.54, 1.807) is 6.07 Å². The highest BCUT2D eigenvalue weighted by Crippen LogP contribution is 2.33. The van der Waals surface area contributed by atoms with E-state index in [1.807, 2.05) is 44.2 Å². The Balaban J connectivity index is 1.33. The molecule has 5 rings (SSSR count). The number of carbonyl (C=O) groups excluding carboxylic acids is 1. The molecule has 8 heteroatoms. The van der Waals surface area contributed by atoms with Crippen LogP contribution in [-0.4, -0.2) is 22.9 Å². The Morgan fingerprint density at radius 2 is 1.90 bits per heavy atom. The number of carbonyl (C=O) groups is 1. The van der Waals surface area contributed by atoms with E-state index in [2.05, 4.69) is 15.5 Å². The van der Waals surface area contributed by atoms with E-state index >= 15 is 0 Å². The first-order valence-electron chi connectivity index (χ1n) is 9.09.